The van der Waals surface area contributed by atoms with Gasteiger partial charge < -0.3 is 5.73 Å². The molecule has 0 fully saturated rings. The van der Waals surface area contributed by atoms with Crippen molar-refractivity contribution in [2.45, 2.75) is 45.2 Å². The Balaban J connectivity index is 2.53. The molecule has 0 aliphatic carbocycles. The van der Waals surface area contributed by atoms with Gasteiger partial charge in [-0.3, -0.25) is 4.90 Å². The molecule has 0 saturated heterocycles. The Hall–Kier alpha value is -0.570. The van der Waals surface area contributed by atoms with Gasteiger partial charge in [-0.25, -0.2) is 0 Å². The van der Waals surface area contributed by atoms with Crippen molar-refractivity contribution >= 4 is 11.6 Å². The second-order valence-corrected chi connectivity index (χ2v) is 5.51. The van der Waals surface area contributed by atoms with Gasteiger partial charge in [-0.1, -0.05) is 43.5 Å². The van der Waals surface area contributed by atoms with Gasteiger partial charge in [-0.15, -0.1) is 0 Å². The first-order valence-corrected chi connectivity index (χ1v) is 7.13. The highest BCUT2D eigenvalue weighted by atomic mass is 35.5. The minimum atomic E-state index is 0.261. The summed E-state index contributed by atoms with van der Waals surface area (Å²) in [5, 5.41) is 0.794. The molecule has 2 N–H and O–H groups in total. The van der Waals surface area contributed by atoms with Crippen LogP contribution < -0.4 is 5.73 Å². The first-order chi connectivity index (χ1) is 8.54. The quantitative estimate of drug-likeness (QED) is 0.814. The molecule has 0 bridgehead atoms. The molecule has 0 amide bonds. The fourth-order valence-electron chi connectivity index (χ4n) is 2.11. The van der Waals surface area contributed by atoms with Crippen LogP contribution in [0.1, 0.15) is 44.7 Å². The van der Waals surface area contributed by atoms with E-state index < -0.39 is 0 Å². The van der Waals surface area contributed by atoms with E-state index in [1.54, 1.807) is 0 Å². The van der Waals surface area contributed by atoms with Crippen molar-refractivity contribution in [3.8, 4) is 0 Å². The molecular weight excluding hydrogens is 244 g/mol. The second-order valence-electron chi connectivity index (χ2n) is 5.07. The number of rotatable bonds is 7. The van der Waals surface area contributed by atoms with Crippen molar-refractivity contribution in [2.24, 2.45) is 5.73 Å². The van der Waals surface area contributed by atoms with Crippen LogP contribution in [-0.4, -0.2) is 24.5 Å². The predicted octanol–water partition coefficient (Wildman–Crippen LogP) is 3.85. The number of nitrogens with two attached hydrogens (primary N) is 1. The molecule has 1 aromatic carbocycles. The summed E-state index contributed by atoms with van der Waals surface area (Å²) < 4.78 is 0. The van der Waals surface area contributed by atoms with E-state index >= 15 is 0 Å². The summed E-state index contributed by atoms with van der Waals surface area (Å²) in [7, 11) is 2.12. The molecule has 3 heteroatoms. The number of unbranched alkanes of at least 4 members (excludes halogenated alkanes) is 1. The second kappa shape index (κ2) is 7.78. The lowest BCUT2D eigenvalue weighted by Gasteiger charge is -2.28. The van der Waals surface area contributed by atoms with Crippen molar-refractivity contribution in [2.75, 3.05) is 13.6 Å². The van der Waals surface area contributed by atoms with Gasteiger partial charge in [0, 0.05) is 23.7 Å². The maximum atomic E-state index is 6.14. The van der Waals surface area contributed by atoms with Crippen LogP contribution in [0.4, 0.5) is 0 Å². The van der Waals surface area contributed by atoms with E-state index in [0.717, 1.165) is 18.0 Å². The molecule has 2 nitrogen and oxygen atoms in total. The Labute approximate surface area is 116 Å². The molecule has 0 aromatic heterocycles. The van der Waals surface area contributed by atoms with E-state index in [9.17, 15) is 0 Å². The zero-order valence-corrected chi connectivity index (χ0v) is 12.5. The average Bonchev–Trinajstić information content (AvgIpc) is 2.35. The number of hydrogen-bond acceptors (Lipinski definition) is 2. The van der Waals surface area contributed by atoms with Crippen LogP contribution in [-0.2, 0) is 0 Å². The van der Waals surface area contributed by atoms with Crippen LogP contribution in [0.3, 0.4) is 0 Å². The van der Waals surface area contributed by atoms with Crippen LogP contribution in [0, 0.1) is 0 Å². The molecule has 0 aliphatic rings. The average molecular weight is 269 g/mol. The molecule has 1 rings (SSSR count). The van der Waals surface area contributed by atoms with Gasteiger partial charge in [0.25, 0.3) is 0 Å². The molecule has 2 atom stereocenters. The highest BCUT2D eigenvalue weighted by Gasteiger charge is 2.14. The standard InChI is InChI=1S/C15H25ClN2/c1-4-5-9-15(17)11-18(3)12(2)13-7-6-8-14(16)10-13/h6-8,10,12,15H,4-5,9,11,17H2,1-3H3. The molecule has 0 heterocycles. The summed E-state index contributed by atoms with van der Waals surface area (Å²) in [6, 6.07) is 8.65. The van der Waals surface area contributed by atoms with Gasteiger partial charge in [0.05, 0.1) is 0 Å². The number of halogens is 1. The fraction of sp³-hybridized carbons (Fsp3) is 0.600. The number of hydrogen-bond donors (Lipinski definition) is 1. The Bertz CT molecular complexity index is 354. The zero-order valence-electron chi connectivity index (χ0n) is 11.7. The van der Waals surface area contributed by atoms with Crippen molar-refractivity contribution in [3.05, 3.63) is 34.9 Å². The van der Waals surface area contributed by atoms with Gasteiger partial charge in [-0.05, 0) is 38.1 Å². The van der Waals surface area contributed by atoms with Crippen molar-refractivity contribution < 1.29 is 0 Å². The first-order valence-electron chi connectivity index (χ1n) is 6.75. The monoisotopic (exact) mass is 268 g/mol. The van der Waals surface area contributed by atoms with Crippen LogP contribution >= 0.6 is 11.6 Å². The van der Waals surface area contributed by atoms with E-state index in [2.05, 4.69) is 31.9 Å². The van der Waals surface area contributed by atoms with Crippen molar-refractivity contribution in [1.29, 1.82) is 0 Å². The lowest BCUT2D eigenvalue weighted by molar-refractivity contribution is 0.240. The first kappa shape index (κ1) is 15.5. The maximum Gasteiger partial charge on any atom is 0.0409 e. The SMILES string of the molecule is CCCCC(N)CN(C)C(C)c1cccc(Cl)c1. The van der Waals surface area contributed by atoms with Gasteiger partial charge in [0.1, 0.15) is 0 Å². The minimum absolute atomic E-state index is 0.261. The van der Waals surface area contributed by atoms with E-state index in [1.807, 2.05) is 18.2 Å². The Morgan fingerprint density at radius 3 is 2.72 bits per heavy atom. The van der Waals surface area contributed by atoms with E-state index in [-0.39, 0.29) is 6.04 Å². The number of likely N-dealkylation sites (N-methyl/N-ethyl adjacent to an activating group) is 1. The van der Waals surface area contributed by atoms with E-state index in [4.69, 9.17) is 17.3 Å². The van der Waals surface area contributed by atoms with Crippen molar-refractivity contribution in [3.63, 3.8) is 0 Å². The van der Waals surface area contributed by atoms with Gasteiger partial charge >= 0.3 is 0 Å². The fourth-order valence-corrected chi connectivity index (χ4v) is 2.31. The maximum absolute atomic E-state index is 6.14. The molecule has 18 heavy (non-hydrogen) atoms. The summed E-state index contributed by atoms with van der Waals surface area (Å²) in [6.45, 7) is 5.32. The third kappa shape index (κ3) is 4.97. The Morgan fingerprint density at radius 1 is 1.39 bits per heavy atom. The summed E-state index contributed by atoms with van der Waals surface area (Å²) in [6.07, 6.45) is 3.52. The molecule has 0 saturated carbocycles. The summed E-state index contributed by atoms with van der Waals surface area (Å²) >= 11 is 6.02. The van der Waals surface area contributed by atoms with Gasteiger partial charge in [0.2, 0.25) is 0 Å². The zero-order chi connectivity index (χ0) is 13.5. The largest absolute Gasteiger partial charge is 0.327 e. The summed E-state index contributed by atoms with van der Waals surface area (Å²) in [5.74, 6) is 0. The van der Waals surface area contributed by atoms with E-state index in [0.29, 0.717) is 6.04 Å². The Kier molecular flexibility index (Phi) is 6.69. The molecule has 102 valence electrons. The predicted molar refractivity (Wildman–Crippen MR) is 80.0 cm³/mol. The lowest BCUT2D eigenvalue weighted by Crippen LogP contribution is -2.36. The molecule has 2 unspecified atom stereocenters. The van der Waals surface area contributed by atoms with Crippen LogP contribution in [0.5, 0.6) is 0 Å². The molecule has 0 aliphatic heterocycles. The smallest absolute Gasteiger partial charge is 0.0409 e. The van der Waals surface area contributed by atoms with Gasteiger partial charge in [-0.2, -0.15) is 0 Å². The Morgan fingerprint density at radius 2 is 2.11 bits per heavy atom. The van der Waals surface area contributed by atoms with E-state index in [1.165, 1.54) is 18.4 Å². The highest BCUT2D eigenvalue weighted by molar-refractivity contribution is 6.30. The van der Waals surface area contributed by atoms with Crippen LogP contribution in [0.15, 0.2) is 24.3 Å². The van der Waals surface area contributed by atoms with Crippen molar-refractivity contribution in [1.82, 2.24) is 4.90 Å². The molecule has 0 spiro atoms. The third-order valence-electron chi connectivity index (χ3n) is 3.44. The minimum Gasteiger partial charge on any atom is -0.327 e. The van der Waals surface area contributed by atoms with Gasteiger partial charge in [0.15, 0.2) is 0 Å². The molecular formula is C15H25ClN2. The third-order valence-corrected chi connectivity index (χ3v) is 3.68. The number of nitrogens with zero attached hydrogens (tertiary/aromatic N) is 1. The molecule has 0 radical (unpaired) electrons. The highest BCUT2D eigenvalue weighted by Crippen LogP contribution is 2.22. The number of benzene rings is 1. The van der Waals surface area contributed by atoms with Crippen LogP contribution in [0.2, 0.25) is 5.02 Å². The molecule has 1 aromatic rings. The topological polar surface area (TPSA) is 29.3 Å². The normalized spacial score (nSPS) is 14.8. The lowest BCUT2D eigenvalue weighted by atomic mass is 10.1. The summed E-state index contributed by atoms with van der Waals surface area (Å²) in [4.78, 5) is 2.30. The summed E-state index contributed by atoms with van der Waals surface area (Å²) in [5.41, 5.74) is 7.38. The van der Waals surface area contributed by atoms with Crippen LogP contribution in [0.25, 0.3) is 0 Å².